The predicted molar refractivity (Wildman–Crippen MR) is 101 cm³/mol. The molecule has 0 spiro atoms. The van der Waals surface area contributed by atoms with Crippen LogP contribution in [0, 0.1) is 23.2 Å². The minimum absolute atomic E-state index is 0.0919. The van der Waals surface area contributed by atoms with Gasteiger partial charge in [-0.3, -0.25) is 4.79 Å². The molecule has 1 atom stereocenters. The van der Waals surface area contributed by atoms with E-state index in [-0.39, 0.29) is 11.9 Å². The molecule has 0 unspecified atom stereocenters. The van der Waals surface area contributed by atoms with Gasteiger partial charge in [-0.05, 0) is 81.5 Å². The van der Waals surface area contributed by atoms with Gasteiger partial charge in [-0.1, -0.05) is 11.8 Å². The molecule has 0 radical (unpaired) electrons. The Hall–Kier alpha value is -1.24. The Morgan fingerprint density at radius 1 is 1.23 bits per heavy atom. The average Bonchev–Trinajstić information content (AvgIpc) is 3.35. The van der Waals surface area contributed by atoms with Gasteiger partial charge in [-0.2, -0.15) is 0 Å². The zero-order valence-electron chi connectivity index (χ0n) is 15.5. The Balaban J connectivity index is 1.18. The summed E-state index contributed by atoms with van der Waals surface area (Å²) in [7, 11) is 0. The summed E-state index contributed by atoms with van der Waals surface area (Å²) in [6, 6.07) is 0.266. The minimum atomic E-state index is 0.0919. The lowest BCUT2D eigenvalue weighted by atomic mass is 9.48. The van der Waals surface area contributed by atoms with Crippen molar-refractivity contribution in [2.24, 2.45) is 23.2 Å². The first kappa shape index (κ1) is 16.9. The maximum atomic E-state index is 12.6. The molecule has 1 heterocycles. The van der Waals surface area contributed by atoms with Crippen molar-refractivity contribution < 1.29 is 4.79 Å². The number of hydrogen-bond donors (Lipinski definition) is 2. The molecule has 1 aromatic heterocycles. The maximum absolute atomic E-state index is 12.6. The Labute approximate surface area is 159 Å². The molecule has 0 aliphatic heterocycles. The van der Waals surface area contributed by atoms with Gasteiger partial charge < -0.3 is 11.2 Å². The summed E-state index contributed by atoms with van der Waals surface area (Å²) in [5.74, 6) is 10.6. The maximum Gasteiger partial charge on any atom is 0.230 e. The van der Waals surface area contributed by atoms with Gasteiger partial charge in [-0.15, -0.1) is 10.2 Å². The molecule has 26 heavy (non-hydrogen) atoms. The second-order valence-corrected chi connectivity index (χ2v) is 10.3. The molecule has 6 rings (SSSR count). The van der Waals surface area contributed by atoms with E-state index < -0.39 is 0 Å². The number of rotatable bonds is 6. The van der Waals surface area contributed by atoms with Gasteiger partial charge in [-0.25, -0.2) is 4.68 Å². The molecule has 4 bridgehead atoms. The first-order chi connectivity index (χ1) is 12.5. The number of thioether (sulfide) groups is 1. The van der Waals surface area contributed by atoms with Crippen LogP contribution in [0.4, 0.5) is 0 Å². The average molecular weight is 376 g/mol. The van der Waals surface area contributed by atoms with E-state index in [2.05, 4.69) is 22.4 Å². The van der Waals surface area contributed by atoms with E-state index in [1.807, 2.05) is 0 Å². The van der Waals surface area contributed by atoms with Crippen LogP contribution in [-0.4, -0.2) is 32.6 Å². The van der Waals surface area contributed by atoms with E-state index in [0.29, 0.717) is 22.2 Å². The number of carbonyl (C=O) groups is 1. The Morgan fingerprint density at radius 2 is 1.85 bits per heavy atom. The number of amides is 1. The van der Waals surface area contributed by atoms with Crippen LogP contribution in [0.5, 0.6) is 0 Å². The van der Waals surface area contributed by atoms with E-state index in [4.69, 9.17) is 5.84 Å². The quantitative estimate of drug-likeness (QED) is 0.590. The number of nitrogens with two attached hydrogens (primary N) is 1. The summed E-state index contributed by atoms with van der Waals surface area (Å²) in [5.41, 5.74) is 0.349. The van der Waals surface area contributed by atoms with E-state index in [0.717, 1.165) is 36.4 Å². The summed E-state index contributed by atoms with van der Waals surface area (Å²) in [6.07, 6.45) is 10.5. The highest BCUT2D eigenvalue weighted by Crippen LogP contribution is 2.61. The molecule has 0 aromatic carbocycles. The lowest BCUT2D eigenvalue weighted by Gasteiger charge is -2.59. The normalized spacial score (nSPS) is 36.3. The predicted octanol–water partition coefficient (Wildman–Crippen LogP) is 2.68. The molecular weight excluding hydrogens is 346 g/mol. The monoisotopic (exact) mass is 375 g/mol. The van der Waals surface area contributed by atoms with Crippen molar-refractivity contribution in [2.75, 3.05) is 11.6 Å². The van der Waals surface area contributed by atoms with Gasteiger partial charge in [0.2, 0.25) is 11.1 Å². The Bertz CT molecular complexity index is 677. The van der Waals surface area contributed by atoms with E-state index in [1.165, 1.54) is 50.3 Å². The molecule has 142 valence electrons. The Kier molecular flexibility index (Phi) is 3.99. The van der Waals surface area contributed by atoms with Gasteiger partial charge >= 0.3 is 0 Å². The van der Waals surface area contributed by atoms with E-state index in [1.54, 1.807) is 4.68 Å². The molecule has 3 N–H and O–H groups in total. The summed E-state index contributed by atoms with van der Waals surface area (Å²) >= 11 is 1.39. The molecule has 5 saturated carbocycles. The topological polar surface area (TPSA) is 85.8 Å². The van der Waals surface area contributed by atoms with E-state index >= 15 is 0 Å². The van der Waals surface area contributed by atoms with Crippen LogP contribution in [0.15, 0.2) is 5.16 Å². The second-order valence-electron chi connectivity index (χ2n) is 9.34. The molecule has 1 amide bonds. The van der Waals surface area contributed by atoms with Crippen LogP contribution in [0.2, 0.25) is 0 Å². The van der Waals surface area contributed by atoms with Crippen molar-refractivity contribution in [3.05, 3.63) is 5.82 Å². The van der Waals surface area contributed by atoms with Gasteiger partial charge in [0.05, 0.1) is 5.75 Å². The molecule has 6 nitrogen and oxygen atoms in total. The van der Waals surface area contributed by atoms with Gasteiger partial charge in [0.15, 0.2) is 5.82 Å². The van der Waals surface area contributed by atoms with Crippen LogP contribution in [0.3, 0.4) is 0 Å². The van der Waals surface area contributed by atoms with Crippen LogP contribution in [0.1, 0.15) is 70.0 Å². The summed E-state index contributed by atoms with van der Waals surface area (Å²) in [6.45, 7) is 2.23. The molecule has 0 saturated heterocycles. The first-order valence-corrected chi connectivity index (χ1v) is 11.1. The highest BCUT2D eigenvalue weighted by Gasteiger charge is 2.53. The summed E-state index contributed by atoms with van der Waals surface area (Å²) < 4.78 is 1.57. The van der Waals surface area contributed by atoms with Crippen LogP contribution in [-0.2, 0) is 4.79 Å². The molecule has 5 aliphatic rings. The molecular formula is C19H29N5OS. The van der Waals surface area contributed by atoms with Gasteiger partial charge in [0, 0.05) is 12.0 Å². The van der Waals surface area contributed by atoms with Crippen molar-refractivity contribution in [1.29, 1.82) is 0 Å². The SMILES string of the molecule is C[C@H](NC(=O)CSc1nnc(C2CC2)n1N)C12CC3CC(CC(C3)C1)C2. The third kappa shape index (κ3) is 2.92. The van der Waals surface area contributed by atoms with Crippen molar-refractivity contribution >= 4 is 17.7 Å². The van der Waals surface area contributed by atoms with Gasteiger partial charge in [0.1, 0.15) is 0 Å². The summed E-state index contributed by atoms with van der Waals surface area (Å²) in [4.78, 5) is 12.6. The first-order valence-electron chi connectivity index (χ1n) is 10.1. The number of nitrogens with one attached hydrogen (secondary N) is 1. The number of hydrogen-bond acceptors (Lipinski definition) is 5. The third-order valence-electron chi connectivity index (χ3n) is 7.35. The highest BCUT2D eigenvalue weighted by molar-refractivity contribution is 7.99. The largest absolute Gasteiger partial charge is 0.352 e. The van der Waals surface area contributed by atoms with E-state index in [9.17, 15) is 4.79 Å². The fourth-order valence-electron chi connectivity index (χ4n) is 6.28. The molecule has 5 aliphatic carbocycles. The minimum Gasteiger partial charge on any atom is -0.352 e. The number of nitrogens with zero attached hydrogens (tertiary/aromatic N) is 3. The number of aromatic nitrogens is 3. The lowest BCUT2D eigenvalue weighted by molar-refractivity contribution is -0.123. The zero-order valence-corrected chi connectivity index (χ0v) is 16.3. The van der Waals surface area contributed by atoms with Crippen LogP contribution < -0.4 is 11.2 Å². The molecule has 5 fully saturated rings. The Morgan fingerprint density at radius 3 is 2.42 bits per heavy atom. The smallest absolute Gasteiger partial charge is 0.230 e. The third-order valence-corrected chi connectivity index (χ3v) is 8.29. The highest BCUT2D eigenvalue weighted by atomic mass is 32.2. The standard InChI is InChI=1S/C19H29N5OS/c1-11(19-7-12-4-13(8-19)6-14(5-12)9-19)21-16(25)10-26-18-23-22-17(24(18)20)15-2-3-15/h11-15H,2-10,20H2,1H3,(H,21,25)/t11-,12?,13?,14?,19?/m0/s1. The lowest BCUT2D eigenvalue weighted by Crippen LogP contribution is -2.56. The molecule has 7 heteroatoms. The van der Waals surface area contributed by atoms with Crippen molar-refractivity contribution in [1.82, 2.24) is 20.2 Å². The number of carbonyl (C=O) groups excluding carboxylic acids is 1. The summed E-state index contributed by atoms with van der Waals surface area (Å²) in [5, 5.41) is 12.3. The molecule has 1 aromatic rings. The fraction of sp³-hybridized carbons (Fsp3) is 0.842. The number of nitrogen functional groups attached to an aromatic ring is 1. The van der Waals surface area contributed by atoms with Crippen molar-refractivity contribution in [3.8, 4) is 0 Å². The van der Waals surface area contributed by atoms with Crippen LogP contribution in [0.25, 0.3) is 0 Å². The zero-order chi connectivity index (χ0) is 17.9. The van der Waals surface area contributed by atoms with Gasteiger partial charge in [0.25, 0.3) is 0 Å². The van der Waals surface area contributed by atoms with Crippen LogP contribution >= 0.6 is 11.8 Å². The van der Waals surface area contributed by atoms with Crippen molar-refractivity contribution in [3.63, 3.8) is 0 Å². The second kappa shape index (κ2) is 6.14. The van der Waals surface area contributed by atoms with Crippen molar-refractivity contribution in [2.45, 2.75) is 75.4 Å². The fourth-order valence-corrected chi connectivity index (χ4v) is 6.96.